The van der Waals surface area contributed by atoms with Crippen molar-refractivity contribution in [2.24, 2.45) is 5.73 Å². The Morgan fingerprint density at radius 2 is 2.00 bits per heavy atom. The van der Waals surface area contributed by atoms with E-state index in [1.54, 1.807) is 0 Å². The minimum absolute atomic E-state index is 0.0120. The summed E-state index contributed by atoms with van der Waals surface area (Å²) in [6.07, 6.45) is 0.901. The molecule has 3 nitrogen and oxygen atoms in total. The molecular weight excluding hydrogens is 186 g/mol. The zero-order valence-corrected chi connectivity index (χ0v) is 9.46. The van der Waals surface area contributed by atoms with Crippen LogP contribution in [-0.2, 0) is 0 Å². The number of rotatable bonds is 2. The topological polar surface area (TPSA) is 54.7 Å². The zero-order chi connectivity index (χ0) is 11.0. The molecule has 2 aromatic rings. The highest BCUT2D eigenvalue weighted by molar-refractivity contribution is 5.77. The Morgan fingerprint density at radius 1 is 1.33 bits per heavy atom. The number of nitrogens with one attached hydrogen (secondary N) is 1. The molecule has 0 saturated heterocycles. The molecule has 0 spiro atoms. The molecule has 15 heavy (non-hydrogen) atoms. The first kappa shape index (κ1) is 10.2. The van der Waals surface area contributed by atoms with Crippen LogP contribution in [0.15, 0.2) is 12.1 Å². The van der Waals surface area contributed by atoms with Gasteiger partial charge < -0.3 is 10.7 Å². The lowest BCUT2D eigenvalue weighted by Crippen LogP contribution is -2.10. The number of nitrogens with zero attached hydrogens (tertiary/aromatic N) is 1. The van der Waals surface area contributed by atoms with E-state index in [0.717, 1.165) is 23.3 Å². The lowest BCUT2D eigenvalue weighted by molar-refractivity contribution is 0.660. The number of H-pyrrole nitrogens is 1. The monoisotopic (exact) mass is 203 g/mol. The number of benzene rings is 1. The molecule has 1 atom stereocenters. The molecule has 0 amide bonds. The van der Waals surface area contributed by atoms with Crippen LogP contribution < -0.4 is 5.73 Å². The third kappa shape index (κ3) is 1.75. The van der Waals surface area contributed by atoms with Crippen LogP contribution in [0.25, 0.3) is 11.0 Å². The molecule has 3 N–H and O–H groups in total. The van der Waals surface area contributed by atoms with Gasteiger partial charge in [-0.1, -0.05) is 6.92 Å². The fourth-order valence-corrected chi connectivity index (χ4v) is 1.66. The minimum Gasteiger partial charge on any atom is -0.341 e. The molecule has 0 radical (unpaired) electrons. The Hall–Kier alpha value is -1.35. The van der Waals surface area contributed by atoms with Crippen molar-refractivity contribution in [1.29, 1.82) is 0 Å². The fourth-order valence-electron chi connectivity index (χ4n) is 1.66. The van der Waals surface area contributed by atoms with Crippen LogP contribution in [-0.4, -0.2) is 9.97 Å². The summed E-state index contributed by atoms with van der Waals surface area (Å²) >= 11 is 0. The number of aryl methyl sites for hydroxylation is 2. The van der Waals surface area contributed by atoms with Gasteiger partial charge in [-0.2, -0.15) is 0 Å². The van der Waals surface area contributed by atoms with Crippen LogP contribution in [0.2, 0.25) is 0 Å². The number of hydrogen-bond donors (Lipinski definition) is 2. The average Bonchev–Trinajstić information content (AvgIpc) is 2.60. The summed E-state index contributed by atoms with van der Waals surface area (Å²) in [6, 6.07) is 4.24. The van der Waals surface area contributed by atoms with Crippen molar-refractivity contribution < 1.29 is 0 Å². The summed E-state index contributed by atoms with van der Waals surface area (Å²) < 4.78 is 0. The summed E-state index contributed by atoms with van der Waals surface area (Å²) in [5.41, 5.74) is 10.6. The van der Waals surface area contributed by atoms with Gasteiger partial charge >= 0.3 is 0 Å². The van der Waals surface area contributed by atoms with Gasteiger partial charge in [0.25, 0.3) is 0 Å². The minimum atomic E-state index is 0.0120. The third-order valence-corrected chi connectivity index (χ3v) is 2.91. The molecule has 0 aliphatic heterocycles. The normalized spacial score (nSPS) is 13.3. The first-order valence-electron chi connectivity index (χ1n) is 5.34. The van der Waals surface area contributed by atoms with E-state index in [0.29, 0.717) is 0 Å². The van der Waals surface area contributed by atoms with Crippen molar-refractivity contribution in [3.8, 4) is 0 Å². The van der Waals surface area contributed by atoms with Gasteiger partial charge in [-0.05, 0) is 43.5 Å². The second-order valence-electron chi connectivity index (χ2n) is 4.09. The first-order chi connectivity index (χ1) is 7.11. The predicted octanol–water partition coefficient (Wildman–Crippen LogP) is 2.59. The van der Waals surface area contributed by atoms with Gasteiger partial charge in [-0.3, -0.25) is 0 Å². The van der Waals surface area contributed by atoms with E-state index in [-0.39, 0.29) is 6.04 Å². The van der Waals surface area contributed by atoms with Gasteiger partial charge in [-0.25, -0.2) is 4.98 Å². The standard InChI is InChI=1S/C12H17N3/c1-4-9(13)12-14-10-5-7(2)8(3)6-11(10)15-12/h5-6,9H,4,13H2,1-3H3,(H,14,15). The van der Waals surface area contributed by atoms with Crippen molar-refractivity contribution >= 4 is 11.0 Å². The number of nitrogens with two attached hydrogens (primary N) is 1. The molecule has 80 valence electrons. The predicted molar refractivity (Wildman–Crippen MR) is 62.8 cm³/mol. The largest absolute Gasteiger partial charge is 0.341 e. The summed E-state index contributed by atoms with van der Waals surface area (Å²) in [5, 5.41) is 0. The van der Waals surface area contributed by atoms with E-state index >= 15 is 0 Å². The van der Waals surface area contributed by atoms with Crippen molar-refractivity contribution in [3.05, 3.63) is 29.1 Å². The van der Waals surface area contributed by atoms with Crippen molar-refractivity contribution in [1.82, 2.24) is 9.97 Å². The molecule has 0 saturated carbocycles. The SMILES string of the molecule is CCC(N)c1nc2cc(C)c(C)cc2[nH]1. The van der Waals surface area contributed by atoms with Crippen molar-refractivity contribution in [3.63, 3.8) is 0 Å². The lowest BCUT2D eigenvalue weighted by atomic mass is 10.1. The Bertz CT molecular complexity index is 446. The van der Waals surface area contributed by atoms with Gasteiger partial charge in [0.1, 0.15) is 5.82 Å². The van der Waals surface area contributed by atoms with Gasteiger partial charge in [0.05, 0.1) is 17.1 Å². The maximum absolute atomic E-state index is 5.94. The number of imidazole rings is 1. The van der Waals surface area contributed by atoms with E-state index in [1.807, 2.05) is 0 Å². The maximum atomic E-state index is 5.94. The lowest BCUT2D eigenvalue weighted by Gasteiger charge is -2.02. The highest BCUT2D eigenvalue weighted by Crippen LogP contribution is 2.20. The molecule has 2 rings (SSSR count). The summed E-state index contributed by atoms with van der Waals surface area (Å²) in [6.45, 7) is 6.27. The van der Waals surface area contributed by atoms with Crippen molar-refractivity contribution in [2.45, 2.75) is 33.2 Å². The molecule has 0 fully saturated rings. The molecule has 1 unspecified atom stereocenters. The van der Waals surface area contributed by atoms with E-state index in [2.05, 4.69) is 42.9 Å². The smallest absolute Gasteiger partial charge is 0.124 e. The Labute approximate surface area is 89.7 Å². The third-order valence-electron chi connectivity index (χ3n) is 2.91. The van der Waals surface area contributed by atoms with E-state index in [9.17, 15) is 0 Å². The summed E-state index contributed by atoms with van der Waals surface area (Å²) in [7, 11) is 0. The summed E-state index contributed by atoms with van der Waals surface area (Å²) in [4.78, 5) is 7.78. The van der Waals surface area contributed by atoms with Gasteiger partial charge in [0.2, 0.25) is 0 Å². The average molecular weight is 203 g/mol. The number of aromatic nitrogens is 2. The molecule has 1 heterocycles. The molecular formula is C12H17N3. The molecule has 0 bridgehead atoms. The number of aromatic amines is 1. The second-order valence-corrected chi connectivity index (χ2v) is 4.09. The van der Waals surface area contributed by atoms with E-state index in [4.69, 9.17) is 5.73 Å². The van der Waals surface area contributed by atoms with Gasteiger partial charge in [-0.15, -0.1) is 0 Å². The number of hydrogen-bond acceptors (Lipinski definition) is 2. The molecule has 1 aromatic carbocycles. The summed E-state index contributed by atoms with van der Waals surface area (Å²) in [5.74, 6) is 0.887. The first-order valence-corrected chi connectivity index (χ1v) is 5.34. The van der Waals surface area contributed by atoms with Crippen LogP contribution in [0.1, 0.15) is 36.3 Å². The molecule has 3 heteroatoms. The van der Waals surface area contributed by atoms with E-state index < -0.39 is 0 Å². The van der Waals surface area contributed by atoms with Crippen LogP contribution in [0.4, 0.5) is 0 Å². The molecule has 0 aliphatic rings. The quantitative estimate of drug-likeness (QED) is 0.788. The molecule has 1 aromatic heterocycles. The number of fused-ring (bicyclic) bond motifs is 1. The van der Waals surface area contributed by atoms with Gasteiger partial charge in [0, 0.05) is 0 Å². The van der Waals surface area contributed by atoms with Gasteiger partial charge in [0.15, 0.2) is 0 Å². The van der Waals surface area contributed by atoms with Crippen LogP contribution in [0.3, 0.4) is 0 Å². The Morgan fingerprint density at radius 3 is 2.67 bits per heavy atom. The molecule has 0 aliphatic carbocycles. The second kappa shape index (κ2) is 3.66. The van der Waals surface area contributed by atoms with E-state index in [1.165, 1.54) is 11.1 Å². The zero-order valence-electron chi connectivity index (χ0n) is 9.46. The van der Waals surface area contributed by atoms with Crippen molar-refractivity contribution in [2.75, 3.05) is 0 Å². The Kier molecular flexibility index (Phi) is 2.49. The Balaban J connectivity index is 2.56. The highest BCUT2D eigenvalue weighted by Gasteiger charge is 2.09. The highest BCUT2D eigenvalue weighted by atomic mass is 15.0. The van der Waals surface area contributed by atoms with Crippen LogP contribution >= 0.6 is 0 Å². The fraction of sp³-hybridized carbons (Fsp3) is 0.417. The van der Waals surface area contributed by atoms with Crippen LogP contribution in [0, 0.1) is 13.8 Å². The van der Waals surface area contributed by atoms with Crippen LogP contribution in [0.5, 0.6) is 0 Å². The maximum Gasteiger partial charge on any atom is 0.124 e.